The van der Waals surface area contributed by atoms with Gasteiger partial charge >= 0.3 is 0 Å². The van der Waals surface area contributed by atoms with Gasteiger partial charge in [-0.05, 0) is 74.5 Å². The third-order valence-electron chi connectivity index (χ3n) is 5.95. The molecule has 1 aliphatic heterocycles. The van der Waals surface area contributed by atoms with Gasteiger partial charge in [0.2, 0.25) is 5.91 Å². The van der Waals surface area contributed by atoms with E-state index in [4.69, 9.17) is 23.2 Å². The van der Waals surface area contributed by atoms with Gasteiger partial charge in [0.15, 0.2) is 0 Å². The van der Waals surface area contributed by atoms with E-state index in [-0.39, 0.29) is 28.2 Å². The number of sulfonamides is 1. The molecule has 0 unspecified atom stereocenters. The maximum Gasteiger partial charge on any atom is 0.261 e. The maximum atomic E-state index is 14.1. The smallest absolute Gasteiger partial charge is 0.261 e. The molecule has 1 aliphatic rings. The zero-order valence-electron chi connectivity index (χ0n) is 18.7. The van der Waals surface area contributed by atoms with Gasteiger partial charge < -0.3 is 5.32 Å². The molecule has 2 N–H and O–H groups in total. The molecule has 35 heavy (non-hydrogen) atoms. The molecule has 0 bridgehead atoms. The molecular formula is C25H24Cl2FN3O3S. The number of likely N-dealkylation sites (tertiary alicyclic amines) is 1. The fourth-order valence-electron chi connectivity index (χ4n) is 3.97. The average Bonchev–Trinajstić information content (AvgIpc) is 2.83. The summed E-state index contributed by atoms with van der Waals surface area (Å²) >= 11 is 12.2. The van der Waals surface area contributed by atoms with Crippen molar-refractivity contribution in [3.8, 4) is 0 Å². The first kappa shape index (κ1) is 25.4. The Hall–Kier alpha value is -2.65. The summed E-state index contributed by atoms with van der Waals surface area (Å²) in [5.41, 5.74) is 1.26. The number of hydrogen-bond acceptors (Lipinski definition) is 4. The number of rotatable bonds is 7. The number of nitrogens with one attached hydrogen (secondary N) is 2. The number of benzene rings is 3. The van der Waals surface area contributed by atoms with Crippen molar-refractivity contribution >= 4 is 50.5 Å². The van der Waals surface area contributed by atoms with Crippen molar-refractivity contribution in [1.82, 2.24) is 4.90 Å². The van der Waals surface area contributed by atoms with E-state index in [0.717, 1.165) is 0 Å². The first-order valence-electron chi connectivity index (χ1n) is 11.1. The predicted octanol–water partition coefficient (Wildman–Crippen LogP) is 5.78. The Morgan fingerprint density at radius 2 is 1.60 bits per heavy atom. The van der Waals surface area contributed by atoms with Gasteiger partial charge in [-0.25, -0.2) is 12.8 Å². The number of carbonyl (C=O) groups is 1. The molecule has 1 amide bonds. The number of amides is 1. The highest BCUT2D eigenvalue weighted by Gasteiger charge is 2.26. The Balaban J connectivity index is 1.31. The van der Waals surface area contributed by atoms with E-state index in [1.54, 1.807) is 48.5 Å². The quantitative estimate of drug-likeness (QED) is 0.401. The van der Waals surface area contributed by atoms with Gasteiger partial charge in [0.25, 0.3) is 10.0 Å². The minimum absolute atomic E-state index is 0.0514. The summed E-state index contributed by atoms with van der Waals surface area (Å²) < 4.78 is 41.8. The highest BCUT2D eigenvalue weighted by Crippen LogP contribution is 2.27. The van der Waals surface area contributed by atoms with Gasteiger partial charge in [-0.15, -0.1) is 0 Å². The fourth-order valence-corrected chi connectivity index (χ4v) is 5.51. The minimum Gasteiger partial charge on any atom is -0.326 e. The van der Waals surface area contributed by atoms with Crippen LogP contribution in [0.2, 0.25) is 10.0 Å². The molecule has 0 aromatic heterocycles. The fraction of sp³-hybridized carbons (Fsp3) is 0.240. The number of halogens is 3. The summed E-state index contributed by atoms with van der Waals surface area (Å²) in [4.78, 5) is 14.9. The second kappa shape index (κ2) is 11.0. The molecule has 4 rings (SSSR count). The van der Waals surface area contributed by atoms with Crippen LogP contribution in [0.25, 0.3) is 0 Å². The van der Waals surface area contributed by atoms with Crippen LogP contribution in [0, 0.1) is 11.7 Å². The summed E-state index contributed by atoms with van der Waals surface area (Å²) in [5, 5.41) is 3.55. The number of nitrogens with zero attached hydrogens (tertiary/aromatic N) is 1. The Labute approximate surface area is 214 Å². The van der Waals surface area contributed by atoms with Gasteiger partial charge in [0.05, 0.1) is 15.6 Å². The number of para-hydroxylation sites is 1. The summed E-state index contributed by atoms with van der Waals surface area (Å²) in [5.74, 6) is -0.643. The third kappa shape index (κ3) is 6.32. The average molecular weight is 536 g/mol. The zero-order chi connectivity index (χ0) is 25.0. The van der Waals surface area contributed by atoms with Crippen molar-refractivity contribution in [1.29, 1.82) is 0 Å². The zero-order valence-corrected chi connectivity index (χ0v) is 21.0. The van der Waals surface area contributed by atoms with E-state index in [2.05, 4.69) is 14.9 Å². The number of piperidine rings is 1. The summed E-state index contributed by atoms with van der Waals surface area (Å²) in [6.07, 6.45) is 1.26. The molecule has 184 valence electrons. The topological polar surface area (TPSA) is 78.5 Å². The normalized spacial score (nSPS) is 15.1. The third-order valence-corrected chi connectivity index (χ3v) is 8.02. The second-order valence-corrected chi connectivity index (χ2v) is 10.8. The Morgan fingerprint density at radius 3 is 2.26 bits per heavy atom. The van der Waals surface area contributed by atoms with E-state index in [9.17, 15) is 17.6 Å². The lowest BCUT2D eigenvalue weighted by molar-refractivity contribution is -0.121. The lowest BCUT2D eigenvalue weighted by Crippen LogP contribution is -2.38. The Morgan fingerprint density at radius 1 is 0.943 bits per heavy atom. The first-order chi connectivity index (χ1) is 16.7. The Kier molecular flexibility index (Phi) is 7.96. The van der Waals surface area contributed by atoms with Gasteiger partial charge in [-0.2, -0.15) is 0 Å². The molecule has 1 heterocycles. The number of anilines is 2. The van der Waals surface area contributed by atoms with Gasteiger partial charge in [-0.3, -0.25) is 14.4 Å². The van der Waals surface area contributed by atoms with Crippen LogP contribution < -0.4 is 10.0 Å². The Bertz CT molecular complexity index is 1290. The molecule has 0 aliphatic carbocycles. The van der Waals surface area contributed by atoms with E-state index in [0.29, 0.717) is 53.8 Å². The SMILES string of the molecule is O=C(Nc1ccc(S(=O)(=O)Nc2ccccc2Cl)cc1)C1CCN(Cc2c(F)cccc2Cl)CC1. The lowest BCUT2D eigenvalue weighted by Gasteiger charge is -2.31. The van der Waals surface area contributed by atoms with E-state index >= 15 is 0 Å². The molecule has 0 saturated carbocycles. The van der Waals surface area contributed by atoms with Crippen LogP contribution >= 0.6 is 23.2 Å². The lowest BCUT2D eigenvalue weighted by atomic mass is 9.95. The molecule has 10 heteroatoms. The molecule has 0 atom stereocenters. The maximum absolute atomic E-state index is 14.1. The summed E-state index contributed by atoms with van der Waals surface area (Å²) in [6, 6.07) is 17.2. The predicted molar refractivity (Wildman–Crippen MR) is 137 cm³/mol. The largest absolute Gasteiger partial charge is 0.326 e. The minimum atomic E-state index is -3.83. The van der Waals surface area contributed by atoms with E-state index in [1.807, 2.05) is 0 Å². The standard InChI is InChI=1S/C25H24Cl2FN3O3S/c26-21-5-3-6-23(28)20(21)16-31-14-12-17(13-15-31)25(32)29-18-8-10-19(11-9-18)35(33,34)30-24-7-2-1-4-22(24)27/h1-11,17,30H,12-16H2,(H,29,32). The van der Waals surface area contributed by atoms with Crippen molar-refractivity contribution in [3.05, 3.63) is 88.2 Å². The molecule has 3 aromatic rings. The monoisotopic (exact) mass is 535 g/mol. The molecule has 1 saturated heterocycles. The van der Waals surface area contributed by atoms with Gasteiger partial charge in [-0.1, -0.05) is 41.4 Å². The van der Waals surface area contributed by atoms with Crippen molar-refractivity contribution in [3.63, 3.8) is 0 Å². The van der Waals surface area contributed by atoms with Gasteiger partial charge in [0.1, 0.15) is 5.82 Å². The second-order valence-electron chi connectivity index (χ2n) is 8.35. The molecule has 3 aromatic carbocycles. The van der Waals surface area contributed by atoms with Crippen LogP contribution in [-0.2, 0) is 21.4 Å². The van der Waals surface area contributed by atoms with E-state index < -0.39 is 10.0 Å². The number of carbonyl (C=O) groups excluding carboxylic acids is 1. The molecule has 0 spiro atoms. The highest BCUT2D eigenvalue weighted by atomic mass is 35.5. The van der Waals surface area contributed by atoms with Crippen molar-refractivity contribution in [2.24, 2.45) is 5.92 Å². The molecule has 1 fully saturated rings. The van der Waals surface area contributed by atoms with E-state index in [1.165, 1.54) is 18.2 Å². The van der Waals surface area contributed by atoms with Crippen LogP contribution in [0.1, 0.15) is 18.4 Å². The summed E-state index contributed by atoms with van der Waals surface area (Å²) in [7, 11) is -3.83. The highest BCUT2D eigenvalue weighted by molar-refractivity contribution is 7.92. The molecule has 6 nitrogen and oxygen atoms in total. The van der Waals surface area contributed by atoms with Crippen molar-refractivity contribution in [2.75, 3.05) is 23.1 Å². The summed E-state index contributed by atoms with van der Waals surface area (Å²) in [6.45, 7) is 1.69. The first-order valence-corrected chi connectivity index (χ1v) is 13.3. The van der Waals surface area contributed by atoms with Crippen molar-refractivity contribution in [2.45, 2.75) is 24.3 Å². The van der Waals surface area contributed by atoms with Crippen LogP contribution in [-0.4, -0.2) is 32.3 Å². The molecular weight excluding hydrogens is 512 g/mol. The van der Waals surface area contributed by atoms with Crippen molar-refractivity contribution < 1.29 is 17.6 Å². The van der Waals surface area contributed by atoms with Crippen LogP contribution in [0.15, 0.2) is 71.6 Å². The van der Waals surface area contributed by atoms with Crippen LogP contribution in [0.4, 0.5) is 15.8 Å². The van der Waals surface area contributed by atoms with Crippen LogP contribution in [0.5, 0.6) is 0 Å². The molecule has 0 radical (unpaired) electrons. The number of hydrogen-bond donors (Lipinski definition) is 2. The van der Waals surface area contributed by atoms with Crippen LogP contribution in [0.3, 0.4) is 0 Å². The van der Waals surface area contributed by atoms with Gasteiger partial charge in [0, 0.05) is 28.7 Å².